The number of hydrogen-bond acceptors (Lipinski definition) is 5. The van der Waals surface area contributed by atoms with Crippen LogP contribution in [0, 0.1) is 0 Å². The van der Waals surface area contributed by atoms with Crippen LogP contribution >= 0.6 is 11.8 Å². The molecule has 0 atom stereocenters. The zero-order valence-corrected chi connectivity index (χ0v) is 12.1. The maximum atomic E-state index is 10.6. The molecule has 0 unspecified atom stereocenters. The number of rotatable bonds is 8. The summed E-state index contributed by atoms with van der Waals surface area (Å²) in [5, 5.41) is 21.7. The van der Waals surface area contributed by atoms with Gasteiger partial charge in [0.1, 0.15) is 5.82 Å². The van der Waals surface area contributed by atoms with E-state index in [9.17, 15) is 4.79 Å². The number of carboxylic acids is 1. The van der Waals surface area contributed by atoms with Crippen LogP contribution < -0.4 is 0 Å². The van der Waals surface area contributed by atoms with Gasteiger partial charge in [-0.2, -0.15) is 5.10 Å². The Morgan fingerprint density at radius 1 is 1.40 bits per heavy atom. The summed E-state index contributed by atoms with van der Waals surface area (Å²) in [4.78, 5) is 10.6. The molecule has 0 saturated carbocycles. The van der Waals surface area contributed by atoms with Crippen LogP contribution in [0.4, 0.5) is 0 Å². The summed E-state index contributed by atoms with van der Waals surface area (Å²) in [5.41, 5.74) is 0. The number of thioether (sulfide) groups is 1. The second kappa shape index (κ2) is 7.09. The molecule has 0 aliphatic heterocycles. The highest BCUT2D eigenvalue weighted by atomic mass is 32.2. The van der Waals surface area contributed by atoms with Gasteiger partial charge in [-0.3, -0.25) is 9.48 Å². The average Bonchev–Trinajstić information content (AvgIpc) is 3.06. The summed E-state index contributed by atoms with van der Waals surface area (Å²) in [7, 11) is 0. The number of aromatic nitrogens is 5. The van der Waals surface area contributed by atoms with Gasteiger partial charge in [0.15, 0.2) is 5.16 Å². The third kappa shape index (κ3) is 3.83. The van der Waals surface area contributed by atoms with Gasteiger partial charge in [-0.25, -0.2) is 0 Å². The smallest absolute Gasteiger partial charge is 0.313 e. The van der Waals surface area contributed by atoms with E-state index in [1.807, 2.05) is 28.4 Å². The predicted molar refractivity (Wildman–Crippen MR) is 74.6 cm³/mol. The molecule has 2 aromatic rings. The molecule has 20 heavy (non-hydrogen) atoms. The first-order valence-electron chi connectivity index (χ1n) is 6.44. The molecule has 8 heteroatoms. The zero-order chi connectivity index (χ0) is 14.4. The lowest BCUT2D eigenvalue weighted by molar-refractivity contribution is -0.133. The van der Waals surface area contributed by atoms with Gasteiger partial charge in [-0.05, 0) is 12.5 Å². The molecular formula is C12H17N5O2S. The fourth-order valence-electron chi connectivity index (χ4n) is 1.86. The monoisotopic (exact) mass is 295 g/mol. The Morgan fingerprint density at radius 2 is 2.25 bits per heavy atom. The number of nitrogens with zero attached hydrogens (tertiary/aromatic N) is 5. The summed E-state index contributed by atoms with van der Waals surface area (Å²) in [6.07, 6.45) is 5.35. The van der Waals surface area contributed by atoms with Crippen LogP contribution in [-0.2, 0) is 24.3 Å². The lowest BCUT2D eigenvalue weighted by Gasteiger charge is -2.08. The van der Waals surface area contributed by atoms with Gasteiger partial charge in [0.25, 0.3) is 0 Å². The van der Waals surface area contributed by atoms with E-state index in [0.29, 0.717) is 5.16 Å². The maximum absolute atomic E-state index is 10.6. The Kier molecular flexibility index (Phi) is 5.16. The van der Waals surface area contributed by atoms with Crippen LogP contribution in [0.15, 0.2) is 23.6 Å². The Hall–Kier alpha value is -1.83. The molecular weight excluding hydrogens is 278 g/mol. The minimum Gasteiger partial charge on any atom is -0.481 e. The molecule has 0 spiro atoms. The lowest BCUT2D eigenvalue weighted by atomic mass is 10.4. The van der Waals surface area contributed by atoms with E-state index >= 15 is 0 Å². The number of carbonyl (C=O) groups is 1. The van der Waals surface area contributed by atoms with Crippen molar-refractivity contribution in [3.8, 4) is 0 Å². The quantitative estimate of drug-likeness (QED) is 0.739. The van der Waals surface area contributed by atoms with Gasteiger partial charge in [-0.15, -0.1) is 10.2 Å². The average molecular weight is 295 g/mol. The molecule has 0 amide bonds. The minimum absolute atomic E-state index is 0.000996. The van der Waals surface area contributed by atoms with E-state index in [4.69, 9.17) is 5.11 Å². The maximum Gasteiger partial charge on any atom is 0.313 e. The predicted octanol–water partition coefficient (Wildman–Crippen LogP) is 1.30. The second-order valence-corrected chi connectivity index (χ2v) is 5.15. The Labute approximate surface area is 121 Å². The van der Waals surface area contributed by atoms with Gasteiger partial charge in [0.2, 0.25) is 0 Å². The fourth-order valence-corrected chi connectivity index (χ4v) is 2.57. The van der Waals surface area contributed by atoms with Crippen LogP contribution in [0.2, 0.25) is 0 Å². The van der Waals surface area contributed by atoms with E-state index in [2.05, 4.69) is 15.3 Å². The molecule has 0 radical (unpaired) electrons. The molecule has 2 rings (SSSR count). The molecule has 7 nitrogen and oxygen atoms in total. The molecule has 0 fully saturated rings. The van der Waals surface area contributed by atoms with Crippen molar-refractivity contribution in [1.82, 2.24) is 24.5 Å². The van der Waals surface area contributed by atoms with Gasteiger partial charge < -0.3 is 9.67 Å². The number of aryl methyl sites for hydroxylation is 2. The van der Waals surface area contributed by atoms with E-state index in [-0.39, 0.29) is 5.75 Å². The zero-order valence-electron chi connectivity index (χ0n) is 11.3. The van der Waals surface area contributed by atoms with Crippen molar-refractivity contribution in [2.75, 3.05) is 5.75 Å². The molecule has 0 aliphatic carbocycles. The highest BCUT2D eigenvalue weighted by Crippen LogP contribution is 2.17. The number of aliphatic carboxylic acids is 1. The summed E-state index contributed by atoms with van der Waals surface area (Å²) in [6, 6.07) is 1.89. The summed E-state index contributed by atoms with van der Waals surface area (Å²) in [5.74, 6) is 0.0403. The fraction of sp³-hybridized carbons (Fsp3) is 0.500. The van der Waals surface area contributed by atoms with Crippen molar-refractivity contribution in [2.45, 2.75) is 38.0 Å². The normalized spacial score (nSPS) is 10.8. The van der Waals surface area contributed by atoms with E-state index in [0.717, 1.165) is 31.8 Å². The minimum atomic E-state index is -0.848. The summed E-state index contributed by atoms with van der Waals surface area (Å²) >= 11 is 1.21. The van der Waals surface area contributed by atoms with E-state index in [1.54, 1.807) is 6.20 Å². The lowest BCUT2D eigenvalue weighted by Crippen LogP contribution is -2.09. The first-order valence-corrected chi connectivity index (χ1v) is 7.43. The van der Waals surface area contributed by atoms with Crippen molar-refractivity contribution in [1.29, 1.82) is 0 Å². The molecule has 0 aliphatic rings. The third-order valence-electron chi connectivity index (χ3n) is 2.76. The third-order valence-corrected chi connectivity index (χ3v) is 3.71. The molecule has 0 saturated heterocycles. The van der Waals surface area contributed by atoms with Gasteiger partial charge in [-0.1, -0.05) is 18.7 Å². The first kappa shape index (κ1) is 14.6. The molecule has 0 bridgehead atoms. The topological polar surface area (TPSA) is 85.8 Å². The Balaban J connectivity index is 1.96. The van der Waals surface area contributed by atoms with E-state index < -0.39 is 5.97 Å². The Morgan fingerprint density at radius 3 is 2.90 bits per heavy atom. The molecule has 0 aromatic carbocycles. The largest absolute Gasteiger partial charge is 0.481 e. The van der Waals surface area contributed by atoms with Crippen LogP contribution in [-0.4, -0.2) is 41.4 Å². The second-order valence-electron chi connectivity index (χ2n) is 4.21. The standard InChI is InChI=1S/C12H17N5O2S/c1-2-10-14-15-12(20-9-11(18)19)17(10)8-4-7-16-6-3-5-13-16/h3,5-6H,2,4,7-9H2,1H3,(H,18,19). The highest BCUT2D eigenvalue weighted by molar-refractivity contribution is 7.99. The van der Waals surface area contributed by atoms with Crippen LogP contribution in [0.3, 0.4) is 0 Å². The Bertz CT molecular complexity index is 552. The SMILES string of the molecule is CCc1nnc(SCC(=O)O)n1CCCn1cccn1. The van der Waals surface area contributed by atoms with Gasteiger partial charge in [0, 0.05) is 31.9 Å². The van der Waals surface area contributed by atoms with Crippen molar-refractivity contribution in [3.63, 3.8) is 0 Å². The van der Waals surface area contributed by atoms with Gasteiger partial charge in [0.05, 0.1) is 5.75 Å². The van der Waals surface area contributed by atoms with Crippen molar-refractivity contribution in [2.24, 2.45) is 0 Å². The molecule has 108 valence electrons. The highest BCUT2D eigenvalue weighted by Gasteiger charge is 2.12. The first-order chi connectivity index (χ1) is 9.70. The van der Waals surface area contributed by atoms with Crippen LogP contribution in [0.1, 0.15) is 19.2 Å². The summed E-state index contributed by atoms with van der Waals surface area (Å²) < 4.78 is 3.87. The van der Waals surface area contributed by atoms with Crippen LogP contribution in [0.25, 0.3) is 0 Å². The summed E-state index contributed by atoms with van der Waals surface area (Å²) in [6.45, 7) is 3.59. The molecule has 2 aromatic heterocycles. The van der Waals surface area contributed by atoms with E-state index in [1.165, 1.54) is 11.8 Å². The van der Waals surface area contributed by atoms with Crippen molar-refractivity contribution in [3.05, 3.63) is 24.3 Å². The van der Waals surface area contributed by atoms with Gasteiger partial charge >= 0.3 is 5.97 Å². The van der Waals surface area contributed by atoms with Crippen molar-refractivity contribution < 1.29 is 9.90 Å². The molecule has 2 heterocycles. The van der Waals surface area contributed by atoms with Crippen molar-refractivity contribution >= 4 is 17.7 Å². The number of hydrogen-bond donors (Lipinski definition) is 1. The van der Waals surface area contributed by atoms with Crippen LogP contribution in [0.5, 0.6) is 0 Å². The molecule has 1 N–H and O–H groups in total. The number of carboxylic acid groups (broad SMARTS) is 1.